The zero-order chi connectivity index (χ0) is 11.6. The van der Waals surface area contributed by atoms with Crippen molar-refractivity contribution in [1.82, 2.24) is 0 Å². The molecule has 0 aliphatic rings. The summed E-state index contributed by atoms with van der Waals surface area (Å²) >= 11 is 27.3. The van der Waals surface area contributed by atoms with E-state index in [4.69, 9.17) is 62.7 Å². The van der Waals surface area contributed by atoms with Crippen LogP contribution in [0.4, 0.5) is 0 Å². The first-order chi connectivity index (χ1) is 6.81. The van der Waals surface area contributed by atoms with E-state index in [1.54, 1.807) is 0 Å². The second kappa shape index (κ2) is 4.98. The highest BCUT2D eigenvalue weighted by molar-refractivity contribution is 6.69. The Morgan fingerprint density at radius 3 is 2.33 bits per heavy atom. The molecule has 0 bridgehead atoms. The van der Waals surface area contributed by atoms with Crippen molar-refractivity contribution in [2.45, 2.75) is 3.98 Å². The number of carbonyl (C=O) groups is 1. The van der Waals surface area contributed by atoms with Crippen molar-refractivity contribution in [3.8, 4) is 5.75 Å². The van der Waals surface area contributed by atoms with Crippen LogP contribution >= 0.6 is 58.0 Å². The second-order valence-electron chi connectivity index (χ2n) is 2.44. The molecule has 0 radical (unpaired) electrons. The molecule has 82 valence electrons. The van der Waals surface area contributed by atoms with Crippen LogP contribution in [0.1, 0.15) is 10.4 Å². The summed E-state index contributed by atoms with van der Waals surface area (Å²) in [5, 5.41) is -0.710. The fourth-order valence-electron chi connectivity index (χ4n) is 0.866. The Morgan fingerprint density at radius 2 is 1.87 bits per heavy atom. The van der Waals surface area contributed by atoms with Crippen molar-refractivity contribution in [3.05, 3.63) is 28.8 Å². The number of hydrogen-bond acceptors (Lipinski definition) is 2. The summed E-state index contributed by atoms with van der Waals surface area (Å²) in [6.07, 6.45) is 0. The first-order valence-electron chi connectivity index (χ1n) is 3.55. The van der Waals surface area contributed by atoms with Gasteiger partial charge in [-0.3, -0.25) is 4.79 Å². The molecule has 0 saturated heterocycles. The lowest BCUT2D eigenvalue weighted by Crippen LogP contribution is -2.13. The van der Waals surface area contributed by atoms with E-state index >= 15 is 0 Å². The normalized spacial score (nSPS) is 11.3. The molecule has 7 heteroatoms. The Bertz CT molecular complexity index is 385. The first-order valence-corrected chi connectivity index (χ1v) is 5.44. The van der Waals surface area contributed by atoms with Gasteiger partial charge >= 0.3 is 3.98 Å². The van der Waals surface area contributed by atoms with Crippen LogP contribution in [0.15, 0.2) is 18.2 Å². The van der Waals surface area contributed by atoms with E-state index in [2.05, 4.69) is 0 Å². The average Bonchev–Trinajstić information content (AvgIpc) is 2.05. The van der Waals surface area contributed by atoms with Gasteiger partial charge in [0.25, 0.3) is 5.24 Å². The highest BCUT2D eigenvalue weighted by atomic mass is 35.6. The Balaban J connectivity index is 3.10. The lowest BCUT2D eigenvalue weighted by Gasteiger charge is -2.15. The molecule has 0 aliphatic heterocycles. The third-order valence-corrected chi connectivity index (χ3v) is 2.23. The third kappa shape index (κ3) is 3.89. The van der Waals surface area contributed by atoms with Gasteiger partial charge in [0.05, 0.1) is 10.6 Å². The minimum Gasteiger partial charge on any atom is -0.444 e. The zero-order valence-corrected chi connectivity index (χ0v) is 10.7. The topological polar surface area (TPSA) is 26.3 Å². The maximum Gasteiger partial charge on any atom is 0.338 e. The quantitative estimate of drug-likeness (QED) is 0.597. The van der Waals surface area contributed by atoms with Crippen molar-refractivity contribution in [2.24, 2.45) is 0 Å². The predicted molar refractivity (Wildman–Crippen MR) is 62.6 cm³/mol. The van der Waals surface area contributed by atoms with Crippen LogP contribution in [0, 0.1) is 0 Å². The van der Waals surface area contributed by atoms with Crippen LogP contribution in [0.2, 0.25) is 5.02 Å². The lowest BCUT2D eigenvalue weighted by molar-refractivity contribution is 0.108. The van der Waals surface area contributed by atoms with Crippen LogP contribution in [0.5, 0.6) is 5.75 Å². The minimum atomic E-state index is -1.95. The molecular weight excluding hydrogens is 305 g/mol. The molecule has 1 rings (SSSR count). The van der Waals surface area contributed by atoms with Gasteiger partial charge < -0.3 is 4.74 Å². The van der Waals surface area contributed by atoms with E-state index < -0.39 is 9.22 Å². The fourth-order valence-corrected chi connectivity index (χ4v) is 1.57. The van der Waals surface area contributed by atoms with Gasteiger partial charge in [0.2, 0.25) is 0 Å². The first kappa shape index (κ1) is 13.2. The van der Waals surface area contributed by atoms with Gasteiger partial charge in [-0.25, -0.2) is 0 Å². The van der Waals surface area contributed by atoms with Gasteiger partial charge in [-0.1, -0.05) is 17.7 Å². The predicted octanol–water partition coefficient (Wildman–Crippen LogP) is 4.43. The summed E-state index contributed by atoms with van der Waals surface area (Å²) in [6.45, 7) is 0. The van der Waals surface area contributed by atoms with Crippen molar-refractivity contribution in [1.29, 1.82) is 0 Å². The molecule has 0 amide bonds. The third-order valence-electron chi connectivity index (χ3n) is 1.40. The van der Waals surface area contributed by atoms with Crippen LogP contribution in [-0.4, -0.2) is 9.22 Å². The summed E-state index contributed by atoms with van der Waals surface area (Å²) < 4.78 is 2.93. The Kier molecular flexibility index (Phi) is 4.38. The summed E-state index contributed by atoms with van der Waals surface area (Å²) in [5.74, 6) is 0.0724. The van der Waals surface area contributed by atoms with Crippen molar-refractivity contribution >= 4 is 63.2 Å². The van der Waals surface area contributed by atoms with E-state index in [0.717, 1.165) is 0 Å². The van der Waals surface area contributed by atoms with Crippen molar-refractivity contribution in [3.63, 3.8) is 0 Å². The van der Waals surface area contributed by atoms with Crippen molar-refractivity contribution in [2.75, 3.05) is 0 Å². The van der Waals surface area contributed by atoms with Gasteiger partial charge in [0, 0.05) is 0 Å². The van der Waals surface area contributed by atoms with E-state index in [1.165, 1.54) is 18.2 Å². The Labute approximate surface area is 111 Å². The molecule has 2 nitrogen and oxygen atoms in total. The highest BCUT2D eigenvalue weighted by Gasteiger charge is 2.24. The van der Waals surface area contributed by atoms with Crippen LogP contribution < -0.4 is 4.74 Å². The molecule has 0 spiro atoms. The van der Waals surface area contributed by atoms with Gasteiger partial charge in [-0.05, 0) is 58.5 Å². The lowest BCUT2D eigenvalue weighted by atomic mass is 10.2. The van der Waals surface area contributed by atoms with Crippen LogP contribution in [0.3, 0.4) is 0 Å². The fraction of sp³-hybridized carbons (Fsp3) is 0.125. The highest BCUT2D eigenvalue weighted by Crippen LogP contribution is 2.36. The molecule has 0 saturated carbocycles. The molecular formula is C8H3Cl5O2. The second-order valence-corrected chi connectivity index (χ2v) is 5.34. The molecule has 0 fully saturated rings. The zero-order valence-electron chi connectivity index (χ0n) is 6.94. The molecule has 0 heterocycles. The molecule has 0 aromatic heterocycles. The van der Waals surface area contributed by atoms with Crippen LogP contribution in [-0.2, 0) is 0 Å². The molecule has 0 unspecified atom stereocenters. The van der Waals surface area contributed by atoms with E-state index in [1.807, 2.05) is 0 Å². The number of rotatable bonds is 2. The molecule has 15 heavy (non-hydrogen) atoms. The van der Waals surface area contributed by atoms with Crippen LogP contribution in [0.25, 0.3) is 0 Å². The monoisotopic (exact) mass is 306 g/mol. The number of alkyl halides is 3. The van der Waals surface area contributed by atoms with E-state index in [0.29, 0.717) is 0 Å². The van der Waals surface area contributed by atoms with Crippen molar-refractivity contribution < 1.29 is 9.53 Å². The Hall–Kier alpha value is 0.140. The van der Waals surface area contributed by atoms with Gasteiger partial charge in [0.1, 0.15) is 5.75 Å². The molecule has 1 aromatic carbocycles. The molecule has 0 atom stereocenters. The summed E-state index contributed by atoms with van der Waals surface area (Å²) in [5.41, 5.74) is 0.0880. The van der Waals surface area contributed by atoms with Gasteiger partial charge in [0.15, 0.2) is 0 Å². The summed E-state index contributed by atoms with van der Waals surface area (Å²) in [6, 6.07) is 4.39. The standard InChI is InChI=1S/C8H3Cl5O2/c9-6-4(7(10)14)2-1-3-5(6)15-8(11,12)13/h1-3H. The largest absolute Gasteiger partial charge is 0.444 e. The number of ether oxygens (including phenoxy) is 1. The molecule has 1 aromatic rings. The summed E-state index contributed by atoms with van der Waals surface area (Å²) in [7, 11) is 0. The molecule has 0 N–H and O–H groups in total. The average molecular weight is 308 g/mol. The number of halogens is 5. The number of hydrogen-bond donors (Lipinski definition) is 0. The van der Waals surface area contributed by atoms with Gasteiger partial charge in [-0.2, -0.15) is 0 Å². The van der Waals surface area contributed by atoms with Gasteiger partial charge in [-0.15, -0.1) is 0 Å². The smallest absolute Gasteiger partial charge is 0.338 e. The maximum absolute atomic E-state index is 10.9. The number of carbonyl (C=O) groups excluding carboxylic acids is 1. The minimum absolute atomic E-state index is 0.00354. The molecule has 0 aliphatic carbocycles. The Morgan fingerprint density at radius 1 is 1.27 bits per heavy atom. The summed E-state index contributed by atoms with van der Waals surface area (Å²) in [4.78, 5) is 10.9. The maximum atomic E-state index is 10.9. The van der Waals surface area contributed by atoms with E-state index in [-0.39, 0.29) is 16.3 Å². The SMILES string of the molecule is O=C(Cl)c1cccc(OC(Cl)(Cl)Cl)c1Cl. The van der Waals surface area contributed by atoms with E-state index in [9.17, 15) is 4.79 Å². The number of benzene rings is 1.